The van der Waals surface area contributed by atoms with Gasteiger partial charge < -0.3 is 0 Å². The van der Waals surface area contributed by atoms with Crippen LogP contribution in [0.2, 0.25) is 0 Å². The van der Waals surface area contributed by atoms with E-state index in [-0.39, 0.29) is 5.12 Å². The van der Waals surface area contributed by atoms with Gasteiger partial charge in [0, 0.05) is 24.5 Å². The molecule has 0 aliphatic rings. The minimum Gasteiger partial charge on any atom is -0.288 e. The molecule has 0 bridgehead atoms. The van der Waals surface area contributed by atoms with E-state index in [2.05, 4.69) is 22.0 Å². The summed E-state index contributed by atoms with van der Waals surface area (Å²) in [6.07, 6.45) is 0.706. The molecule has 0 radical (unpaired) electrons. The third-order valence-corrected chi connectivity index (χ3v) is 3.02. The molecule has 3 nitrogen and oxygen atoms in total. The number of fused-ring (bicyclic) bond motifs is 1. The van der Waals surface area contributed by atoms with Crippen LogP contribution >= 0.6 is 11.8 Å². The Morgan fingerprint density at radius 3 is 3.12 bits per heavy atom. The average Bonchev–Trinajstić information content (AvgIpc) is 2.72. The molecule has 1 N–H and O–H groups in total. The van der Waals surface area contributed by atoms with Crippen molar-refractivity contribution in [2.75, 3.05) is 5.75 Å². The van der Waals surface area contributed by atoms with Gasteiger partial charge in [0.05, 0.1) is 5.52 Å². The molecule has 0 amide bonds. The van der Waals surface area contributed by atoms with Crippen molar-refractivity contribution in [2.24, 2.45) is 0 Å². The van der Waals surface area contributed by atoms with Gasteiger partial charge in [-0.1, -0.05) is 29.8 Å². The number of hydrogen-bond acceptors (Lipinski definition) is 3. The summed E-state index contributed by atoms with van der Waals surface area (Å²) in [6, 6.07) is 7.86. The highest BCUT2D eigenvalue weighted by molar-refractivity contribution is 8.13. The maximum absolute atomic E-state index is 10.7. The third kappa shape index (κ3) is 3.11. The lowest BCUT2D eigenvalue weighted by Crippen LogP contribution is -1.84. The molecule has 0 fully saturated rings. The number of benzene rings is 1. The quantitative estimate of drug-likeness (QED) is 0.652. The molecule has 2 rings (SSSR count). The Morgan fingerprint density at radius 1 is 1.47 bits per heavy atom. The summed E-state index contributed by atoms with van der Waals surface area (Å²) < 4.78 is 0. The second-order valence-corrected chi connectivity index (χ2v) is 4.78. The lowest BCUT2D eigenvalue weighted by molar-refractivity contribution is -0.109. The van der Waals surface area contributed by atoms with E-state index in [1.807, 2.05) is 24.3 Å². The molecule has 0 saturated heterocycles. The van der Waals surface area contributed by atoms with Crippen LogP contribution in [-0.4, -0.2) is 21.1 Å². The molecule has 17 heavy (non-hydrogen) atoms. The number of aromatic amines is 1. The molecular formula is C13H12N2OS. The van der Waals surface area contributed by atoms with Gasteiger partial charge >= 0.3 is 0 Å². The van der Waals surface area contributed by atoms with Gasteiger partial charge in [0.1, 0.15) is 5.69 Å². The normalized spacial score (nSPS) is 9.94. The number of carbonyl (C=O) groups is 1. The van der Waals surface area contributed by atoms with Gasteiger partial charge in [-0.3, -0.25) is 9.89 Å². The number of carbonyl (C=O) groups excluding carboxylic acids is 1. The first-order valence-corrected chi connectivity index (χ1v) is 6.31. The molecule has 0 aliphatic carbocycles. The number of nitrogens with one attached hydrogen (secondary N) is 1. The van der Waals surface area contributed by atoms with Crippen LogP contribution in [0.1, 0.15) is 19.0 Å². The minimum atomic E-state index is 0.138. The van der Waals surface area contributed by atoms with Crippen LogP contribution < -0.4 is 0 Å². The zero-order valence-corrected chi connectivity index (χ0v) is 10.3. The van der Waals surface area contributed by atoms with Crippen LogP contribution in [0.15, 0.2) is 24.3 Å². The van der Waals surface area contributed by atoms with Crippen molar-refractivity contribution in [1.82, 2.24) is 10.2 Å². The Kier molecular flexibility index (Phi) is 3.84. The molecule has 1 heterocycles. The standard InChI is InChI=1S/C13H12N2OS/c1-10(16)17-9-5-4-8-13-11-6-2-3-7-12(11)14-15-13/h2-3,6-7H,5,9H2,1H3,(H,14,15). The van der Waals surface area contributed by atoms with Crippen molar-refractivity contribution in [3.05, 3.63) is 30.0 Å². The Hall–Kier alpha value is -1.73. The largest absolute Gasteiger partial charge is 0.288 e. The average molecular weight is 244 g/mol. The summed E-state index contributed by atoms with van der Waals surface area (Å²) in [5, 5.41) is 8.25. The number of aromatic nitrogens is 2. The second kappa shape index (κ2) is 5.55. The predicted molar refractivity (Wildman–Crippen MR) is 70.7 cm³/mol. The predicted octanol–water partition coefficient (Wildman–Crippen LogP) is 2.58. The van der Waals surface area contributed by atoms with E-state index in [0.29, 0.717) is 6.42 Å². The fourth-order valence-electron chi connectivity index (χ4n) is 1.45. The van der Waals surface area contributed by atoms with Gasteiger partial charge in [-0.15, -0.1) is 0 Å². The molecule has 1 aromatic heterocycles. The number of para-hydroxylation sites is 1. The fourth-order valence-corrected chi connectivity index (χ4v) is 1.94. The van der Waals surface area contributed by atoms with Crippen molar-refractivity contribution >= 4 is 27.8 Å². The van der Waals surface area contributed by atoms with Crippen molar-refractivity contribution in [3.63, 3.8) is 0 Å². The van der Waals surface area contributed by atoms with Crippen LogP contribution in [0.3, 0.4) is 0 Å². The van der Waals surface area contributed by atoms with E-state index >= 15 is 0 Å². The SMILES string of the molecule is CC(=O)SCCC#Cc1[nH]nc2ccccc12. The van der Waals surface area contributed by atoms with E-state index in [1.165, 1.54) is 11.8 Å². The van der Waals surface area contributed by atoms with E-state index in [4.69, 9.17) is 0 Å². The highest BCUT2D eigenvalue weighted by Gasteiger charge is 2.00. The number of H-pyrrole nitrogens is 1. The van der Waals surface area contributed by atoms with Gasteiger partial charge in [-0.25, -0.2) is 0 Å². The van der Waals surface area contributed by atoms with E-state index < -0.39 is 0 Å². The second-order valence-electron chi connectivity index (χ2n) is 3.51. The maximum Gasteiger partial charge on any atom is 0.185 e. The molecule has 0 saturated carbocycles. The Bertz CT molecular complexity index is 592. The Morgan fingerprint density at radius 2 is 2.29 bits per heavy atom. The van der Waals surface area contributed by atoms with Crippen molar-refractivity contribution in [1.29, 1.82) is 0 Å². The van der Waals surface area contributed by atoms with Crippen molar-refractivity contribution in [3.8, 4) is 11.8 Å². The van der Waals surface area contributed by atoms with E-state index in [9.17, 15) is 4.79 Å². The molecular weight excluding hydrogens is 232 g/mol. The number of rotatable bonds is 2. The van der Waals surface area contributed by atoms with Gasteiger partial charge in [-0.2, -0.15) is 5.10 Å². The lowest BCUT2D eigenvalue weighted by Gasteiger charge is -1.89. The molecule has 86 valence electrons. The summed E-state index contributed by atoms with van der Waals surface area (Å²) in [4.78, 5) is 10.7. The topological polar surface area (TPSA) is 45.8 Å². The zero-order chi connectivity index (χ0) is 12.1. The lowest BCUT2D eigenvalue weighted by atomic mass is 10.2. The van der Waals surface area contributed by atoms with E-state index in [0.717, 1.165) is 22.3 Å². The Labute approximate surface area is 104 Å². The number of nitrogens with zero attached hydrogens (tertiary/aromatic N) is 1. The first-order valence-electron chi connectivity index (χ1n) is 5.33. The molecule has 0 unspecified atom stereocenters. The molecule has 0 aliphatic heterocycles. The van der Waals surface area contributed by atoms with E-state index in [1.54, 1.807) is 6.92 Å². The van der Waals surface area contributed by atoms with Gasteiger partial charge in [0.15, 0.2) is 5.12 Å². The smallest absolute Gasteiger partial charge is 0.185 e. The van der Waals surface area contributed by atoms with Crippen LogP contribution in [0.25, 0.3) is 10.9 Å². The summed E-state index contributed by atoms with van der Waals surface area (Å²) >= 11 is 1.30. The van der Waals surface area contributed by atoms with Crippen molar-refractivity contribution < 1.29 is 4.79 Å². The summed E-state index contributed by atoms with van der Waals surface area (Å²) in [5.41, 5.74) is 1.77. The summed E-state index contributed by atoms with van der Waals surface area (Å²) in [5.74, 6) is 6.83. The first kappa shape index (κ1) is 11.7. The monoisotopic (exact) mass is 244 g/mol. The van der Waals surface area contributed by atoms with Crippen molar-refractivity contribution in [2.45, 2.75) is 13.3 Å². The summed E-state index contributed by atoms with van der Waals surface area (Å²) in [7, 11) is 0. The Balaban J connectivity index is 2.04. The highest BCUT2D eigenvalue weighted by Crippen LogP contribution is 2.13. The maximum atomic E-state index is 10.7. The number of hydrogen-bond donors (Lipinski definition) is 1. The molecule has 4 heteroatoms. The van der Waals surface area contributed by atoms with Crippen LogP contribution in [-0.2, 0) is 4.79 Å². The molecule has 0 spiro atoms. The molecule has 1 aromatic carbocycles. The highest BCUT2D eigenvalue weighted by atomic mass is 32.2. The first-order chi connectivity index (χ1) is 8.27. The fraction of sp³-hybridized carbons (Fsp3) is 0.231. The number of thioether (sulfide) groups is 1. The van der Waals surface area contributed by atoms with Crippen LogP contribution in [0.4, 0.5) is 0 Å². The van der Waals surface area contributed by atoms with Gasteiger partial charge in [-0.05, 0) is 18.1 Å². The van der Waals surface area contributed by atoms with Gasteiger partial charge in [0.2, 0.25) is 0 Å². The molecule has 0 atom stereocenters. The zero-order valence-electron chi connectivity index (χ0n) is 9.49. The molecule has 2 aromatic rings. The summed E-state index contributed by atoms with van der Waals surface area (Å²) in [6.45, 7) is 1.57. The van der Waals surface area contributed by atoms with Gasteiger partial charge in [0.25, 0.3) is 0 Å². The minimum absolute atomic E-state index is 0.138. The van der Waals surface area contributed by atoms with Crippen LogP contribution in [0, 0.1) is 11.8 Å². The van der Waals surface area contributed by atoms with Crippen LogP contribution in [0.5, 0.6) is 0 Å². The third-order valence-electron chi connectivity index (χ3n) is 2.21.